The van der Waals surface area contributed by atoms with Gasteiger partial charge in [0.15, 0.2) is 0 Å². The van der Waals surface area contributed by atoms with Crippen molar-refractivity contribution in [3.63, 3.8) is 0 Å². The van der Waals surface area contributed by atoms with Gasteiger partial charge in [-0.15, -0.1) is 11.6 Å². The number of carbonyl (C=O) groups is 1. The average molecular weight is 288 g/mol. The number of amides is 1. The number of halogens is 2. The van der Waals surface area contributed by atoms with E-state index in [2.05, 4.69) is 5.32 Å². The molecule has 0 aromatic heterocycles. The SMILES string of the molecule is COc1cc(Cl)ccc1C(=O)NC1(CCl)CCC1. The highest BCUT2D eigenvalue weighted by Crippen LogP contribution is 2.34. The first-order valence-corrected chi connectivity index (χ1v) is 6.73. The Morgan fingerprint density at radius 3 is 2.72 bits per heavy atom. The monoisotopic (exact) mass is 287 g/mol. The lowest BCUT2D eigenvalue weighted by Crippen LogP contribution is -2.55. The van der Waals surface area contributed by atoms with E-state index in [4.69, 9.17) is 27.9 Å². The van der Waals surface area contributed by atoms with Gasteiger partial charge in [0.1, 0.15) is 5.75 Å². The summed E-state index contributed by atoms with van der Waals surface area (Å²) < 4.78 is 5.17. The zero-order valence-corrected chi connectivity index (χ0v) is 11.6. The quantitative estimate of drug-likeness (QED) is 0.864. The van der Waals surface area contributed by atoms with Crippen molar-refractivity contribution in [2.24, 2.45) is 0 Å². The molecule has 18 heavy (non-hydrogen) atoms. The van der Waals surface area contributed by atoms with E-state index in [-0.39, 0.29) is 11.4 Å². The molecule has 1 aliphatic carbocycles. The summed E-state index contributed by atoms with van der Waals surface area (Å²) in [5.41, 5.74) is 0.238. The number of hydrogen-bond donors (Lipinski definition) is 1. The van der Waals surface area contributed by atoms with Crippen molar-refractivity contribution in [3.05, 3.63) is 28.8 Å². The van der Waals surface area contributed by atoms with Crippen LogP contribution in [0.1, 0.15) is 29.6 Å². The van der Waals surface area contributed by atoms with Gasteiger partial charge in [0.2, 0.25) is 0 Å². The summed E-state index contributed by atoms with van der Waals surface area (Å²) in [6.07, 6.45) is 2.96. The summed E-state index contributed by atoms with van der Waals surface area (Å²) in [4.78, 5) is 12.2. The maximum absolute atomic E-state index is 12.2. The molecule has 2 rings (SSSR count). The first-order valence-electron chi connectivity index (χ1n) is 5.82. The van der Waals surface area contributed by atoms with Crippen LogP contribution in [0.3, 0.4) is 0 Å². The highest BCUT2D eigenvalue weighted by Gasteiger charge is 2.38. The van der Waals surface area contributed by atoms with Crippen LogP contribution in [-0.4, -0.2) is 24.4 Å². The number of methoxy groups -OCH3 is 1. The first-order chi connectivity index (χ1) is 8.60. The molecule has 0 spiro atoms. The lowest BCUT2D eigenvalue weighted by Gasteiger charge is -2.41. The molecule has 0 atom stereocenters. The van der Waals surface area contributed by atoms with E-state index < -0.39 is 0 Å². The molecule has 1 aromatic rings. The van der Waals surface area contributed by atoms with Crippen molar-refractivity contribution in [3.8, 4) is 5.75 Å². The fourth-order valence-corrected chi connectivity index (χ4v) is 2.55. The molecule has 0 unspecified atom stereocenters. The lowest BCUT2D eigenvalue weighted by molar-refractivity contribution is 0.0851. The van der Waals surface area contributed by atoms with E-state index in [1.54, 1.807) is 18.2 Å². The van der Waals surface area contributed by atoms with Gasteiger partial charge in [0, 0.05) is 10.9 Å². The zero-order valence-electron chi connectivity index (χ0n) is 10.1. The Morgan fingerprint density at radius 2 is 2.22 bits per heavy atom. The van der Waals surface area contributed by atoms with Gasteiger partial charge in [0.05, 0.1) is 18.2 Å². The molecular formula is C13H15Cl2NO2. The largest absolute Gasteiger partial charge is 0.496 e. The van der Waals surface area contributed by atoms with Crippen LogP contribution in [0.2, 0.25) is 5.02 Å². The van der Waals surface area contributed by atoms with Crippen molar-refractivity contribution in [1.29, 1.82) is 0 Å². The number of carbonyl (C=O) groups excluding carboxylic acids is 1. The van der Waals surface area contributed by atoms with Crippen LogP contribution in [-0.2, 0) is 0 Å². The van der Waals surface area contributed by atoms with Gasteiger partial charge in [-0.1, -0.05) is 11.6 Å². The maximum Gasteiger partial charge on any atom is 0.255 e. The minimum atomic E-state index is -0.247. The third-order valence-corrected chi connectivity index (χ3v) is 4.10. The summed E-state index contributed by atoms with van der Waals surface area (Å²) in [6, 6.07) is 4.97. The lowest BCUT2D eigenvalue weighted by atomic mass is 9.78. The summed E-state index contributed by atoms with van der Waals surface area (Å²) in [5.74, 6) is 0.752. The summed E-state index contributed by atoms with van der Waals surface area (Å²) in [6.45, 7) is 0. The molecule has 1 fully saturated rings. The Kier molecular flexibility index (Phi) is 4.03. The first kappa shape index (κ1) is 13.5. The Bertz CT molecular complexity index is 453. The molecule has 3 nitrogen and oxygen atoms in total. The van der Waals surface area contributed by atoms with E-state index in [9.17, 15) is 4.79 Å². The Hall–Kier alpha value is -0.930. The molecular weight excluding hydrogens is 273 g/mol. The Labute approximate surface area is 116 Å². The van der Waals surface area contributed by atoms with Crippen LogP contribution >= 0.6 is 23.2 Å². The third-order valence-electron chi connectivity index (χ3n) is 3.35. The minimum Gasteiger partial charge on any atom is -0.496 e. The number of hydrogen-bond acceptors (Lipinski definition) is 2. The smallest absolute Gasteiger partial charge is 0.255 e. The maximum atomic E-state index is 12.2. The molecule has 5 heteroatoms. The molecule has 1 N–H and O–H groups in total. The number of rotatable bonds is 4. The molecule has 0 heterocycles. The van der Waals surface area contributed by atoms with Crippen molar-refractivity contribution in [2.45, 2.75) is 24.8 Å². The molecule has 0 aliphatic heterocycles. The van der Waals surface area contributed by atoms with Gasteiger partial charge in [0.25, 0.3) is 5.91 Å². The fourth-order valence-electron chi connectivity index (χ4n) is 2.06. The third kappa shape index (κ3) is 2.57. The zero-order chi connectivity index (χ0) is 13.2. The van der Waals surface area contributed by atoms with Crippen molar-refractivity contribution in [2.75, 3.05) is 13.0 Å². The second-order valence-corrected chi connectivity index (χ2v) is 5.27. The Morgan fingerprint density at radius 1 is 1.50 bits per heavy atom. The van der Waals surface area contributed by atoms with E-state index in [0.717, 1.165) is 19.3 Å². The summed E-state index contributed by atoms with van der Waals surface area (Å²) in [5, 5.41) is 3.54. The van der Waals surface area contributed by atoms with Crippen LogP contribution in [0.5, 0.6) is 5.75 Å². The van der Waals surface area contributed by atoms with Crippen molar-refractivity contribution in [1.82, 2.24) is 5.32 Å². The van der Waals surface area contributed by atoms with Crippen LogP contribution < -0.4 is 10.1 Å². The number of ether oxygens (including phenoxy) is 1. The van der Waals surface area contributed by atoms with Crippen LogP contribution in [0.15, 0.2) is 18.2 Å². The summed E-state index contributed by atoms with van der Waals surface area (Å²) >= 11 is 11.8. The molecule has 1 aliphatic rings. The van der Waals surface area contributed by atoms with Crippen LogP contribution in [0.4, 0.5) is 0 Å². The number of nitrogens with one attached hydrogen (secondary N) is 1. The van der Waals surface area contributed by atoms with Gasteiger partial charge in [-0.2, -0.15) is 0 Å². The molecule has 0 radical (unpaired) electrons. The normalized spacial score (nSPS) is 16.8. The van der Waals surface area contributed by atoms with E-state index in [1.165, 1.54) is 7.11 Å². The van der Waals surface area contributed by atoms with Crippen molar-refractivity contribution >= 4 is 29.1 Å². The van der Waals surface area contributed by atoms with Crippen molar-refractivity contribution < 1.29 is 9.53 Å². The molecule has 1 saturated carbocycles. The Balaban J connectivity index is 2.18. The standard InChI is InChI=1S/C13H15Cl2NO2/c1-18-11-7-9(15)3-4-10(11)12(17)16-13(8-14)5-2-6-13/h3-4,7H,2,5-6,8H2,1H3,(H,16,17). The van der Waals surface area contributed by atoms with E-state index in [1.807, 2.05) is 0 Å². The second kappa shape index (κ2) is 5.37. The van der Waals surface area contributed by atoms with Gasteiger partial charge in [-0.05, 0) is 37.5 Å². The van der Waals surface area contributed by atoms with Crippen LogP contribution in [0.25, 0.3) is 0 Å². The number of benzene rings is 1. The molecule has 1 aromatic carbocycles. The molecule has 98 valence electrons. The molecule has 1 amide bonds. The summed E-state index contributed by atoms with van der Waals surface area (Å²) in [7, 11) is 1.52. The molecule has 0 saturated heterocycles. The minimum absolute atomic E-state index is 0.163. The molecule has 0 bridgehead atoms. The van der Waals surface area contributed by atoms with Gasteiger partial charge in [-0.3, -0.25) is 4.79 Å². The predicted octanol–water partition coefficient (Wildman–Crippen LogP) is 3.24. The predicted molar refractivity (Wildman–Crippen MR) is 72.8 cm³/mol. The van der Waals surface area contributed by atoms with E-state index in [0.29, 0.717) is 22.2 Å². The topological polar surface area (TPSA) is 38.3 Å². The number of alkyl halides is 1. The highest BCUT2D eigenvalue weighted by atomic mass is 35.5. The second-order valence-electron chi connectivity index (χ2n) is 4.57. The van der Waals surface area contributed by atoms with E-state index >= 15 is 0 Å². The fraction of sp³-hybridized carbons (Fsp3) is 0.462. The van der Waals surface area contributed by atoms with Gasteiger partial charge >= 0.3 is 0 Å². The highest BCUT2D eigenvalue weighted by molar-refractivity contribution is 6.30. The van der Waals surface area contributed by atoms with Gasteiger partial charge < -0.3 is 10.1 Å². The van der Waals surface area contributed by atoms with Gasteiger partial charge in [-0.25, -0.2) is 0 Å². The average Bonchev–Trinajstić information content (AvgIpc) is 2.33. The van der Waals surface area contributed by atoms with Crippen LogP contribution in [0, 0.1) is 0 Å².